The third-order valence-electron chi connectivity index (χ3n) is 2.53. The zero-order chi connectivity index (χ0) is 10.8. The molecule has 15 heavy (non-hydrogen) atoms. The third kappa shape index (κ3) is 2.59. The number of thiophene rings is 1. The molecule has 0 unspecified atom stereocenters. The molecule has 3 nitrogen and oxygen atoms in total. The summed E-state index contributed by atoms with van der Waals surface area (Å²) in [6, 6.07) is 3.91. The van der Waals surface area contributed by atoms with Gasteiger partial charge in [-0.05, 0) is 40.9 Å². The summed E-state index contributed by atoms with van der Waals surface area (Å²) < 4.78 is 0.993. The Morgan fingerprint density at radius 1 is 1.60 bits per heavy atom. The first kappa shape index (κ1) is 11.1. The van der Waals surface area contributed by atoms with E-state index in [2.05, 4.69) is 15.9 Å². The Kier molecular flexibility index (Phi) is 3.43. The number of nitrogens with zero attached hydrogens (tertiary/aromatic N) is 1. The van der Waals surface area contributed by atoms with Crippen LogP contribution in [0.15, 0.2) is 15.9 Å². The van der Waals surface area contributed by atoms with Crippen LogP contribution >= 0.6 is 27.3 Å². The van der Waals surface area contributed by atoms with Crippen LogP contribution < -0.4 is 5.73 Å². The summed E-state index contributed by atoms with van der Waals surface area (Å²) in [5.41, 5.74) is 5.85. The van der Waals surface area contributed by atoms with Crippen LogP contribution in [0.4, 0.5) is 0 Å². The SMILES string of the molecule is N[C@@H]1CCCN(C(=O)c2ccc(Br)s2)C1. The molecule has 1 saturated heterocycles. The Morgan fingerprint density at radius 2 is 2.40 bits per heavy atom. The van der Waals surface area contributed by atoms with Crippen molar-refractivity contribution in [3.05, 3.63) is 20.8 Å². The van der Waals surface area contributed by atoms with E-state index in [0.717, 1.165) is 28.0 Å². The van der Waals surface area contributed by atoms with Crippen molar-refractivity contribution in [1.29, 1.82) is 0 Å². The van der Waals surface area contributed by atoms with Crippen LogP contribution in [-0.4, -0.2) is 29.9 Å². The summed E-state index contributed by atoms with van der Waals surface area (Å²) in [4.78, 5) is 14.7. The van der Waals surface area contributed by atoms with Crippen LogP contribution in [0, 0.1) is 0 Å². The van der Waals surface area contributed by atoms with Crippen molar-refractivity contribution < 1.29 is 4.79 Å². The van der Waals surface area contributed by atoms with Crippen molar-refractivity contribution >= 4 is 33.2 Å². The topological polar surface area (TPSA) is 46.3 Å². The third-order valence-corrected chi connectivity index (χ3v) is 4.14. The maximum absolute atomic E-state index is 12.0. The maximum atomic E-state index is 12.0. The molecule has 0 radical (unpaired) electrons. The number of rotatable bonds is 1. The molecule has 0 spiro atoms. The Bertz CT molecular complexity index is 366. The molecule has 1 aromatic rings. The lowest BCUT2D eigenvalue weighted by atomic mass is 10.1. The lowest BCUT2D eigenvalue weighted by Crippen LogP contribution is -2.45. The molecule has 1 amide bonds. The first-order valence-corrected chi connectivity index (χ1v) is 6.58. The number of carbonyl (C=O) groups is 1. The normalized spacial score (nSPS) is 21.7. The van der Waals surface area contributed by atoms with Gasteiger partial charge in [-0.3, -0.25) is 4.79 Å². The van der Waals surface area contributed by atoms with E-state index in [-0.39, 0.29) is 11.9 Å². The van der Waals surface area contributed by atoms with E-state index in [9.17, 15) is 4.79 Å². The van der Waals surface area contributed by atoms with Crippen LogP contribution in [0.3, 0.4) is 0 Å². The van der Waals surface area contributed by atoms with Gasteiger partial charge in [-0.15, -0.1) is 11.3 Å². The van der Waals surface area contributed by atoms with Crippen LogP contribution in [-0.2, 0) is 0 Å². The number of amides is 1. The molecule has 0 saturated carbocycles. The molecule has 1 aliphatic heterocycles. The second kappa shape index (κ2) is 4.63. The van der Waals surface area contributed by atoms with E-state index >= 15 is 0 Å². The predicted molar refractivity (Wildman–Crippen MR) is 65.1 cm³/mol. The van der Waals surface area contributed by atoms with Gasteiger partial charge in [0.25, 0.3) is 5.91 Å². The van der Waals surface area contributed by atoms with E-state index in [4.69, 9.17) is 5.73 Å². The van der Waals surface area contributed by atoms with Gasteiger partial charge in [-0.2, -0.15) is 0 Å². The van der Waals surface area contributed by atoms with Gasteiger partial charge in [0.15, 0.2) is 0 Å². The minimum absolute atomic E-state index is 0.112. The van der Waals surface area contributed by atoms with Crippen molar-refractivity contribution in [3.8, 4) is 0 Å². The minimum atomic E-state index is 0.112. The minimum Gasteiger partial charge on any atom is -0.336 e. The molecule has 0 aliphatic carbocycles. The summed E-state index contributed by atoms with van der Waals surface area (Å²) >= 11 is 4.83. The molecule has 82 valence electrons. The van der Waals surface area contributed by atoms with Crippen LogP contribution in [0.1, 0.15) is 22.5 Å². The zero-order valence-corrected chi connectivity index (χ0v) is 10.7. The fraction of sp³-hybridized carbons (Fsp3) is 0.500. The molecule has 0 bridgehead atoms. The zero-order valence-electron chi connectivity index (χ0n) is 8.28. The molecule has 0 aromatic carbocycles. The van der Waals surface area contributed by atoms with Crippen molar-refractivity contribution in [2.24, 2.45) is 5.73 Å². The Morgan fingerprint density at radius 3 is 3.00 bits per heavy atom. The quantitative estimate of drug-likeness (QED) is 0.860. The van der Waals surface area contributed by atoms with Gasteiger partial charge in [0.1, 0.15) is 0 Å². The highest BCUT2D eigenvalue weighted by molar-refractivity contribution is 9.11. The molecule has 1 aliphatic rings. The molecule has 1 aromatic heterocycles. The van der Waals surface area contributed by atoms with Gasteiger partial charge in [0, 0.05) is 19.1 Å². The standard InChI is InChI=1S/C10H13BrN2OS/c11-9-4-3-8(15-9)10(14)13-5-1-2-7(12)6-13/h3-4,7H,1-2,5-6,12H2/t7-/m1/s1. The first-order valence-electron chi connectivity index (χ1n) is 4.97. The molecule has 5 heteroatoms. The number of piperidine rings is 1. The number of carbonyl (C=O) groups excluding carboxylic acids is 1. The Hall–Kier alpha value is -0.390. The van der Waals surface area contributed by atoms with E-state index in [0.29, 0.717) is 6.54 Å². The van der Waals surface area contributed by atoms with E-state index < -0.39 is 0 Å². The number of halogens is 1. The second-order valence-corrected chi connectivity index (χ2v) is 6.22. The fourth-order valence-corrected chi connectivity index (χ4v) is 3.13. The van der Waals surface area contributed by atoms with Gasteiger partial charge < -0.3 is 10.6 Å². The largest absolute Gasteiger partial charge is 0.336 e. The number of nitrogens with two attached hydrogens (primary N) is 1. The van der Waals surface area contributed by atoms with Crippen molar-refractivity contribution in [1.82, 2.24) is 4.90 Å². The summed E-state index contributed by atoms with van der Waals surface area (Å²) in [6.45, 7) is 1.52. The molecular weight excluding hydrogens is 276 g/mol. The summed E-state index contributed by atoms with van der Waals surface area (Å²) in [5, 5.41) is 0. The molecule has 2 heterocycles. The second-order valence-electron chi connectivity index (χ2n) is 3.76. The molecule has 1 fully saturated rings. The van der Waals surface area contributed by atoms with Crippen LogP contribution in [0.25, 0.3) is 0 Å². The fourth-order valence-electron chi connectivity index (χ4n) is 1.78. The smallest absolute Gasteiger partial charge is 0.264 e. The molecule has 1 atom stereocenters. The van der Waals surface area contributed by atoms with Crippen molar-refractivity contribution in [2.75, 3.05) is 13.1 Å². The monoisotopic (exact) mass is 288 g/mol. The van der Waals surface area contributed by atoms with Gasteiger partial charge in [-0.1, -0.05) is 0 Å². The average molecular weight is 289 g/mol. The van der Waals surface area contributed by atoms with Gasteiger partial charge in [0.05, 0.1) is 8.66 Å². The highest BCUT2D eigenvalue weighted by Gasteiger charge is 2.23. The van der Waals surface area contributed by atoms with E-state index in [1.807, 2.05) is 17.0 Å². The predicted octanol–water partition coefficient (Wildman–Crippen LogP) is 2.07. The van der Waals surface area contributed by atoms with Gasteiger partial charge in [-0.25, -0.2) is 0 Å². The summed E-state index contributed by atoms with van der Waals surface area (Å²) in [5.74, 6) is 0.112. The van der Waals surface area contributed by atoms with E-state index in [1.165, 1.54) is 11.3 Å². The average Bonchev–Trinajstić information content (AvgIpc) is 2.64. The van der Waals surface area contributed by atoms with Crippen molar-refractivity contribution in [3.63, 3.8) is 0 Å². The van der Waals surface area contributed by atoms with Crippen LogP contribution in [0.5, 0.6) is 0 Å². The van der Waals surface area contributed by atoms with E-state index in [1.54, 1.807) is 0 Å². The van der Waals surface area contributed by atoms with Gasteiger partial charge in [0.2, 0.25) is 0 Å². The lowest BCUT2D eigenvalue weighted by Gasteiger charge is -2.30. The highest BCUT2D eigenvalue weighted by atomic mass is 79.9. The summed E-state index contributed by atoms with van der Waals surface area (Å²) in [7, 11) is 0. The summed E-state index contributed by atoms with van der Waals surface area (Å²) in [6.07, 6.45) is 2.04. The maximum Gasteiger partial charge on any atom is 0.264 e. The molecule has 2 rings (SSSR count). The molecular formula is C10H13BrN2OS. The number of hydrogen-bond donors (Lipinski definition) is 1. The lowest BCUT2D eigenvalue weighted by molar-refractivity contribution is 0.0714. The first-order chi connectivity index (χ1) is 7.16. The van der Waals surface area contributed by atoms with Crippen molar-refractivity contribution in [2.45, 2.75) is 18.9 Å². The molecule has 2 N–H and O–H groups in total. The van der Waals surface area contributed by atoms with Crippen LogP contribution in [0.2, 0.25) is 0 Å². The Balaban J connectivity index is 2.07. The Labute approximate surface area is 101 Å². The number of hydrogen-bond acceptors (Lipinski definition) is 3. The number of likely N-dealkylation sites (tertiary alicyclic amines) is 1. The van der Waals surface area contributed by atoms with Gasteiger partial charge >= 0.3 is 0 Å². The highest BCUT2D eigenvalue weighted by Crippen LogP contribution is 2.24.